The maximum atomic E-state index is 14.5. The van der Waals surface area contributed by atoms with Crippen LogP contribution in [0.4, 0.5) is 24.4 Å². The first-order valence-corrected chi connectivity index (χ1v) is 13.3. The van der Waals surface area contributed by atoms with Gasteiger partial charge in [-0.2, -0.15) is 0 Å². The number of benzene rings is 2. The number of carbonyl (C=O) groups excluding carboxylic acids is 1. The minimum atomic E-state index is -3.96. The third-order valence-electron chi connectivity index (χ3n) is 5.43. The molecule has 0 aliphatic carbocycles. The van der Waals surface area contributed by atoms with Crippen LogP contribution in [0, 0.1) is 18.6 Å². The highest BCUT2D eigenvalue weighted by Crippen LogP contribution is 2.39. The summed E-state index contributed by atoms with van der Waals surface area (Å²) in [7, 11) is -3.96. The van der Waals surface area contributed by atoms with E-state index < -0.39 is 21.7 Å². The van der Waals surface area contributed by atoms with Crippen LogP contribution >= 0.6 is 22.7 Å². The number of thiazole rings is 2. The number of aromatic nitrogens is 2. The molecule has 176 valence electrons. The summed E-state index contributed by atoms with van der Waals surface area (Å²) in [4.78, 5) is 25.0. The summed E-state index contributed by atoms with van der Waals surface area (Å²) in [5, 5.41) is 5.50. The van der Waals surface area contributed by atoms with Crippen molar-refractivity contribution in [3.8, 4) is 11.1 Å². The van der Waals surface area contributed by atoms with E-state index in [9.17, 15) is 22.0 Å². The lowest BCUT2D eigenvalue weighted by atomic mass is 10.0. The van der Waals surface area contributed by atoms with Crippen LogP contribution in [0.2, 0.25) is 0 Å². The van der Waals surface area contributed by atoms with Crippen LogP contribution in [0.15, 0.2) is 40.1 Å². The zero-order valence-electron chi connectivity index (χ0n) is 17.7. The predicted molar refractivity (Wildman–Crippen MR) is 128 cm³/mol. The molecule has 0 spiro atoms. The number of hydrogen-bond acceptors (Lipinski definition) is 7. The molecule has 5 rings (SSSR count). The number of anilines is 2. The van der Waals surface area contributed by atoms with E-state index in [1.807, 2.05) is 0 Å². The second-order valence-electron chi connectivity index (χ2n) is 7.64. The topological polar surface area (TPSA) is 109 Å². The van der Waals surface area contributed by atoms with Gasteiger partial charge in [0, 0.05) is 24.2 Å². The molecule has 8 nitrogen and oxygen atoms in total. The number of halogens is 2. The Morgan fingerprint density at radius 1 is 1.09 bits per heavy atom. The van der Waals surface area contributed by atoms with E-state index >= 15 is 0 Å². The quantitative estimate of drug-likeness (QED) is 0.426. The molecule has 1 fully saturated rings. The second kappa shape index (κ2) is 8.34. The van der Waals surface area contributed by atoms with Crippen molar-refractivity contribution in [2.75, 3.05) is 22.9 Å². The van der Waals surface area contributed by atoms with Gasteiger partial charge in [0.25, 0.3) is 0 Å². The smallest absolute Gasteiger partial charge is 0.292 e. The zero-order chi connectivity index (χ0) is 24.2. The molecule has 3 heterocycles. The predicted octanol–water partition coefficient (Wildman–Crippen LogP) is 4.49. The van der Waals surface area contributed by atoms with E-state index in [-0.39, 0.29) is 26.6 Å². The number of primary sulfonamides is 1. The maximum absolute atomic E-state index is 14.5. The molecular formula is C21H17F2N5O3S3. The lowest BCUT2D eigenvalue weighted by molar-refractivity contribution is 0.248. The molecule has 2 amide bonds. The number of rotatable bonds is 4. The second-order valence-corrected chi connectivity index (χ2v) is 11.2. The molecule has 0 unspecified atom stereocenters. The number of urea groups is 1. The van der Waals surface area contributed by atoms with Gasteiger partial charge in [0.15, 0.2) is 9.34 Å². The molecule has 1 aliphatic heterocycles. The van der Waals surface area contributed by atoms with Crippen molar-refractivity contribution in [3.63, 3.8) is 0 Å². The van der Waals surface area contributed by atoms with Gasteiger partial charge in [0.2, 0.25) is 10.0 Å². The number of carbonyl (C=O) groups is 1. The van der Waals surface area contributed by atoms with Crippen molar-refractivity contribution in [2.45, 2.75) is 17.6 Å². The molecule has 0 radical (unpaired) electrons. The van der Waals surface area contributed by atoms with Gasteiger partial charge < -0.3 is 0 Å². The van der Waals surface area contributed by atoms with Gasteiger partial charge in [-0.3, -0.25) is 9.80 Å². The molecule has 0 bridgehead atoms. The molecule has 2 aromatic carbocycles. The van der Waals surface area contributed by atoms with Gasteiger partial charge in [-0.25, -0.2) is 37.1 Å². The van der Waals surface area contributed by atoms with Gasteiger partial charge >= 0.3 is 6.03 Å². The first-order valence-electron chi connectivity index (χ1n) is 10.1. The van der Waals surface area contributed by atoms with Crippen molar-refractivity contribution in [1.29, 1.82) is 0 Å². The Morgan fingerprint density at radius 2 is 1.85 bits per heavy atom. The number of hydrogen-bond donors (Lipinski definition) is 1. The fourth-order valence-electron chi connectivity index (χ4n) is 3.94. The van der Waals surface area contributed by atoms with E-state index in [1.165, 1.54) is 28.1 Å². The van der Waals surface area contributed by atoms with Crippen molar-refractivity contribution >= 4 is 59.8 Å². The van der Waals surface area contributed by atoms with Crippen LogP contribution < -0.4 is 14.9 Å². The van der Waals surface area contributed by atoms with Crippen molar-refractivity contribution in [1.82, 2.24) is 9.97 Å². The normalized spacial score (nSPS) is 14.9. The van der Waals surface area contributed by atoms with Gasteiger partial charge in [-0.15, -0.1) is 11.3 Å². The van der Waals surface area contributed by atoms with Crippen LogP contribution in [0.1, 0.15) is 12.1 Å². The fourth-order valence-corrected chi connectivity index (χ4v) is 6.75. The minimum Gasteiger partial charge on any atom is -0.292 e. The Morgan fingerprint density at radius 3 is 2.59 bits per heavy atom. The molecule has 13 heteroatoms. The van der Waals surface area contributed by atoms with Crippen LogP contribution in [-0.2, 0) is 10.0 Å². The Kier molecular flexibility index (Phi) is 5.59. The van der Waals surface area contributed by atoms with Gasteiger partial charge in [0.05, 0.1) is 21.6 Å². The average molecular weight is 522 g/mol. The lowest BCUT2D eigenvalue weighted by Gasteiger charge is -2.34. The Balaban J connectivity index is 1.55. The number of aryl methyl sites for hydroxylation is 1. The summed E-state index contributed by atoms with van der Waals surface area (Å²) in [6.45, 7) is 2.29. The van der Waals surface area contributed by atoms with Crippen LogP contribution in [0.25, 0.3) is 21.3 Å². The lowest BCUT2D eigenvalue weighted by Crippen LogP contribution is -2.49. The van der Waals surface area contributed by atoms with Gasteiger partial charge in [-0.1, -0.05) is 17.4 Å². The van der Waals surface area contributed by atoms with Gasteiger partial charge in [0.1, 0.15) is 17.2 Å². The molecular weight excluding hydrogens is 504 g/mol. The molecule has 1 saturated heterocycles. The van der Waals surface area contributed by atoms with Crippen molar-refractivity contribution in [2.24, 2.45) is 5.14 Å². The SMILES string of the molecule is Cc1nc(N2CCCN(c3ccc(-c4cc(F)ccc4F)c4scnc34)C2=O)sc1S(N)(=O)=O. The molecule has 4 aromatic rings. The molecule has 1 aliphatic rings. The van der Waals surface area contributed by atoms with Crippen molar-refractivity contribution < 1.29 is 22.0 Å². The third kappa shape index (κ3) is 3.83. The average Bonchev–Trinajstić information content (AvgIpc) is 3.42. The van der Waals surface area contributed by atoms with Crippen LogP contribution in [0.5, 0.6) is 0 Å². The summed E-state index contributed by atoms with van der Waals surface area (Å²) in [5.74, 6) is -1.12. The Bertz CT molecular complexity index is 1550. The standard InChI is InChI=1S/C21H17F2N5O3S3/c1-11-19(34(24,30)31)33-20(26-11)28-8-2-7-27(21(28)29)16-6-4-13(18-17(16)25-10-32-18)14-9-12(22)3-5-15(14)23/h3-6,9-10H,2,7-8H2,1H3,(H2,24,30,31). The summed E-state index contributed by atoms with van der Waals surface area (Å²) in [6, 6.07) is 6.17. The summed E-state index contributed by atoms with van der Waals surface area (Å²) >= 11 is 2.11. The summed E-state index contributed by atoms with van der Waals surface area (Å²) < 4.78 is 52.4. The molecule has 2 aromatic heterocycles. The Hall–Kier alpha value is -3.00. The van der Waals surface area contributed by atoms with E-state index in [4.69, 9.17) is 5.14 Å². The van der Waals surface area contributed by atoms with E-state index in [0.717, 1.165) is 29.5 Å². The number of amides is 2. The van der Waals surface area contributed by atoms with Crippen LogP contribution in [-0.4, -0.2) is 37.5 Å². The highest BCUT2D eigenvalue weighted by molar-refractivity contribution is 7.91. The third-order valence-corrected chi connectivity index (χ3v) is 9.02. The van der Waals surface area contributed by atoms with Crippen LogP contribution in [0.3, 0.4) is 0 Å². The monoisotopic (exact) mass is 521 g/mol. The summed E-state index contributed by atoms with van der Waals surface area (Å²) in [5.41, 5.74) is 3.42. The van der Waals surface area contributed by atoms with E-state index in [0.29, 0.717) is 41.0 Å². The molecule has 0 saturated carbocycles. The summed E-state index contributed by atoms with van der Waals surface area (Å²) in [6.07, 6.45) is 0.598. The minimum absolute atomic E-state index is 0.0872. The molecule has 34 heavy (non-hydrogen) atoms. The first-order chi connectivity index (χ1) is 16.1. The van der Waals surface area contributed by atoms with E-state index in [1.54, 1.807) is 17.6 Å². The van der Waals surface area contributed by atoms with Crippen molar-refractivity contribution in [3.05, 3.63) is 53.2 Å². The van der Waals surface area contributed by atoms with E-state index in [2.05, 4.69) is 9.97 Å². The van der Waals surface area contributed by atoms with Gasteiger partial charge in [-0.05, 0) is 37.6 Å². The largest absolute Gasteiger partial charge is 0.330 e. The number of sulfonamides is 1. The number of fused-ring (bicyclic) bond motifs is 1. The fraction of sp³-hybridized carbons (Fsp3) is 0.190. The Labute approximate surface area is 201 Å². The highest BCUT2D eigenvalue weighted by atomic mass is 32.2. The number of nitrogens with two attached hydrogens (primary N) is 1. The first kappa shape index (κ1) is 22.8. The molecule has 2 N–H and O–H groups in total. The highest BCUT2D eigenvalue weighted by Gasteiger charge is 2.33. The molecule has 0 atom stereocenters. The number of nitrogens with zero attached hydrogens (tertiary/aromatic N) is 4. The maximum Gasteiger partial charge on any atom is 0.330 e. The zero-order valence-corrected chi connectivity index (χ0v) is 20.1.